The summed E-state index contributed by atoms with van der Waals surface area (Å²) in [4.78, 5) is 2.29. The molecule has 0 unspecified atom stereocenters. The van der Waals surface area contributed by atoms with Crippen LogP contribution in [0.15, 0.2) is 219 Å². The van der Waals surface area contributed by atoms with Gasteiger partial charge in [-0.1, -0.05) is 140 Å². The van der Waals surface area contributed by atoms with Gasteiger partial charge in [-0.25, -0.2) is 0 Å². The number of fused-ring (bicyclic) bond motifs is 6. The molecule has 0 atom stereocenters. The summed E-state index contributed by atoms with van der Waals surface area (Å²) in [6.45, 7) is 6.15. The number of aromatic nitrogens is 2. The molecular weight excluding hydrogens is 679 g/mol. The van der Waals surface area contributed by atoms with E-state index in [-0.39, 0.29) is 0 Å². The van der Waals surface area contributed by atoms with E-state index >= 15 is 0 Å². The van der Waals surface area contributed by atoms with E-state index < -0.39 is 0 Å². The molecule has 2 heterocycles. The van der Waals surface area contributed by atoms with Crippen LogP contribution in [0.5, 0.6) is 0 Å². The van der Waals surface area contributed by atoms with Gasteiger partial charge in [-0.3, -0.25) is 0 Å². The molecule has 3 heteroatoms. The van der Waals surface area contributed by atoms with Crippen molar-refractivity contribution >= 4 is 55.0 Å². The first-order chi connectivity index (χ1) is 27.7. The van der Waals surface area contributed by atoms with Crippen LogP contribution in [-0.4, -0.2) is 9.13 Å². The molecule has 2 aromatic heterocycles. The number of hydrogen-bond donors (Lipinski definition) is 0. The topological polar surface area (TPSA) is 13.1 Å². The van der Waals surface area contributed by atoms with Crippen LogP contribution in [0.25, 0.3) is 77.2 Å². The minimum absolute atomic E-state index is 1.08. The van der Waals surface area contributed by atoms with Gasteiger partial charge in [0.2, 0.25) is 0 Å². The Morgan fingerprint density at radius 2 is 0.911 bits per heavy atom. The number of para-hydroxylation sites is 5. The highest BCUT2D eigenvalue weighted by molar-refractivity contribution is 6.10. The predicted octanol–water partition coefficient (Wildman–Crippen LogP) is 14.4. The minimum atomic E-state index is 1.08. The van der Waals surface area contributed by atoms with Gasteiger partial charge in [0, 0.05) is 49.9 Å². The maximum atomic E-state index is 4.01. The summed E-state index contributed by atoms with van der Waals surface area (Å²) in [5.74, 6) is 0. The van der Waals surface area contributed by atoms with Gasteiger partial charge in [0.05, 0.1) is 27.8 Å². The molecule has 0 bridgehead atoms. The van der Waals surface area contributed by atoms with Crippen LogP contribution in [0.1, 0.15) is 6.92 Å². The number of nitrogens with zero attached hydrogens (tertiary/aromatic N) is 3. The number of anilines is 2. The summed E-state index contributed by atoms with van der Waals surface area (Å²) in [5.41, 5.74) is 15.1. The highest BCUT2D eigenvalue weighted by atomic mass is 15.1. The number of benzene rings is 8. The molecule has 0 aliphatic heterocycles. The smallest absolute Gasteiger partial charge is 0.0541 e. The van der Waals surface area contributed by atoms with E-state index in [1.165, 1.54) is 60.3 Å². The zero-order chi connectivity index (χ0) is 37.6. The fourth-order valence-corrected chi connectivity index (χ4v) is 8.51. The van der Waals surface area contributed by atoms with Crippen molar-refractivity contribution < 1.29 is 0 Å². The Hall–Kier alpha value is -7.36. The van der Waals surface area contributed by atoms with E-state index in [4.69, 9.17) is 0 Å². The van der Waals surface area contributed by atoms with Gasteiger partial charge < -0.3 is 14.0 Å². The summed E-state index contributed by atoms with van der Waals surface area (Å²) in [5, 5.41) is 5.05. The van der Waals surface area contributed by atoms with Gasteiger partial charge in [-0.2, -0.15) is 0 Å². The van der Waals surface area contributed by atoms with Gasteiger partial charge in [0.1, 0.15) is 0 Å². The molecule has 0 saturated heterocycles. The molecule has 0 N–H and O–H groups in total. The van der Waals surface area contributed by atoms with Crippen molar-refractivity contribution in [1.82, 2.24) is 9.13 Å². The monoisotopic (exact) mass is 717 g/mol. The second-order valence-corrected chi connectivity index (χ2v) is 14.3. The van der Waals surface area contributed by atoms with Crippen molar-refractivity contribution in [3.8, 4) is 33.6 Å². The van der Waals surface area contributed by atoms with Gasteiger partial charge in [-0.15, -0.1) is 0 Å². The van der Waals surface area contributed by atoms with Crippen molar-refractivity contribution in [1.29, 1.82) is 0 Å². The van der Waals surface area contributed by atoms with Gasteiger partial charge >= 0.3 is 0 Å². The van der Waals surface area contributed by atoms with Crippen molar-refractivity contribution in [2.45, 2.75) is 6.92 Å². The molecular formula is C53H39N3. The molecule has 0 amide bonds. The van der Waals surface area contributed by atoms with Crippen LogP contribution < -0.4 is 4.90 Å². The second kappa shape index (κ2) is 13.8. The summed E-state index contributed by atoms with van der Waals surface area (Å²) < 4.78 is 4.77. The highest BCUT2D eigenvalue weighted by Crippen LogP contribution is 2.39. The van der Waals surface area contributed by atoms with E-state index in [0.29, 0.717) is 0 Å². The first-order valence-electron chi connectivity index (χ1n) is 19.1. The Labute approximate surface area is 326 Å². The Morgan fingerprint density at radius 3 is 1.45 bits per heavy atom. The van der Waals surface area contributed by atoms with Crippen molar-refractivity contribution in [2.75, 3.05) is 4.90 Å². The molecule has 56 heavy (non-hydrogen) atoms. The van der Waals surface area contributed by atoms with Gasteiger partial charge in [0.25, 0.3) is 0 Å². The van der Waals surface area contributed by atoms with Crippen LogP contribution in [0.2, 0.25) is 0 Å². The SMILES string of the molecule is C=C/C=C(\C)N(c1ccc(-c2cccc(-n3c4ccccc4c4ccccc43)c2)cc1)c1ccc(-c2ccccc2-n2c3ccccc3c3ccccc32)cc1. The van der Waals surface area contributed by atoms with Gasteiger partial charge in [0.15, 0.2) is 0 Å². The molecule has 8 aromatic carbocycles. The third kappa shape index (κ3) is 5.52. The first-order valence-corrected chi connectivity index (χ1v) is 19.1. The van der Waals surface area contributed by atoms with Crippen LogP contribution in [0.4, 0.5) is 11.4 Å². The average molecular weight is 718 g/mol. The molecule has 0 aliphatic carbocycles. The normalized spacial score (nSPS) is 11.8. The maximum absolute atomic E-state index is 4.01. The minimum Gasteiger partial charge on any atom is -0.315 e. The predicted molar refractivity (Wildman–Crippen MR) is 239 cm³/mol. The van der Waals surface area contributed by atoms with E-state index in [1.807, 2.05) is 6.08 Å². The Balaban J connectivity index is 0.999. The molecule has 0 radical (unpaired) electrons. The second-order valence-electron chi connectivity index (χ2n) is 14.3. The van der Waals surface area contributed by atoms with Crippen molar-refractivity contribution in [3.05, 3.63) is 219 Å². The van der Waals surface area contributed by atoms with Gasteiger partial charge in [-0.05, 0) is 96.4 Å². The summed E-state index contributed by atoms with van der Waals surface area (Å²) in [7, 11) is 0. The Kier molecular flexibility index (Phi) is 8.19. The number of hydrogen-bond acceptors (Lipinski definition) is 1. The van der Waals surface area contributed by atoms with E-state index in [0.717, 1.165) is 34.0 Å². The third-order valence-electron chi connectivity index (χ3n) is 11.0. The average Bonchev–Trinajstić information content (AvgIpc) is 3.78. The van der Waals surface area contributed by atoms with Crippen molar-refractivity contribution in [3.63, 3.8) is 0 Å². The molecule has 3 nitrogen and oxygen atoms in total. The number of allylic oxidation sites excluding steroid dienone is 3. The quantitative estimate of drug-likeness (QED) is 0.143. The zero-order valence-corrected chi connectivity index (χ0v) is 31.2. The largest absolute Gasteiger partial charge is 0.315 e. The molecule has 0 fully saturated rings. The Morgan fingerprint density at radius 1 is 0.446 bits per heavy atom. The lowest BCUT2D eigenvalue weighted by Crippen LogP contribution is -2.14. The highest BCUT2D eigenvalue weighted by Gasteiger charge is 2.17. The van der Waals surface area contributed by atoms with E-state index in [9.17, 15) is 0 Å². The summed E-state index contributed by atoms with van der Waals surface area (Å²) in [6.07, 6.45) is 3.92. The fourth-order valence-electron chi connectivity index (χ4n) is 8.51. The summed E-state index contributed by atoms with van der Waals surface area (Å²) >= 11 is 0. The standard InChI is InChI=1S/C53H39N3/c1-3-15-37(2)54(41-32-28-38(29-33-41)40-16-14-17-43(36-40)55-50-24-10-5-19-45(50)46-20-6-11-25-51(46)55)42-34-30-39(31-35-42)44-18-4-9-23-49(44)56-52-26-12-7-21-47(52)48-22-8-13-27-53(48)56/h3-36H,1H2,2H3/b37-15+. The maximum Gasteiger partial charge on any atom is 0.0541 e. The van der Waals surface area contributed by atoms with Crippen LogP contribution in [-0.2, 0) is 0 Å². The van der Waals surface area contributed by atoms with Crippen LogP contribution >= 0.6 is 0 Å². The fraction of sp³-hybridized carbons (Fsp3) is 0.0189. The lowest BCUT2D eigenvalue weighted by molar-refractivity contribution is 1.15. The first kappa shape index (κ1) is 33.2. The van der Waals surface area contributed by atoms with Crippen molar-refractivity contribution in [2.24, 2.45) is 0 Å². The third-order valence-corrected chi connectivity index (χ3v) is 11.0. The Bertz CT molecular complexity index is 3000. The van der Waals surface area contributed by atoms with Crippen LogP contribution in [0.3, 0.4) is 0 Å². The molecule has 10 rings (SSSR count). The van der Waals surface area contributed by atoms with E-state index in [1.54, 1.807) is 0 Å². The molecule has 0 aliphatic rings. The molecule has 10 aromatic rings. The molecule has 0 spiro atoms. The lowest BCUT2D eigenvalue weighted by Gasteiger charge is -2.26. The lowest BCUT2D eigenvalue weighted by atomic mass is 10.0. The zero-order valence-electron chi connectivity index (χ0n) is 31.2. The molecule has 0 saturated carbocycles. The van der Waals surface area contributed by atoms with Crippen LogP contribution in [0, 0.1) is 0 Å². The molecule has 266 valence electrons. The number of rotatable bonds is 8. The van der Waals surface area contributed by atoms with E-state index in [2.05, 4.69) is 228 Å². The summed E-state index contributed by atoms with van der Waals surface area (Å²) in [6, 6.07) is 70.1.